The van der Waals surface area contributed by atoms with E-state index in [1.54, 1.807) is 0 Å². The lowest BCUT2D eigenvalue weighted by molar-refractivity contribution is 0.0741. The zero-order chi connectivity index (χ0) is 24.9. The number of nitrogens with one attached hydrogen (secondary N) is 1. The number of hydrogen-bond donors (Lipinski definition) is 1. The van der Waals surface area contributed by atoms with E-state index >= 15 is 0 Å². The quantitative estimate of drug-likeness (QED) is 0.431. The lowest BCUT2D eigenvalue weighted by Gasteiger charge is -2.63. The molecule has 1 heterocycles. The summed E-state index contributed by atoms with van der Waals surface area (Å²) in [7, 11) is -0.314. The third-order valence-electron chi connectivity index (χ3n) is 7.90. The topological polar surface area (TPSA) is 30.3 Å². The molecule has 0 aromatic heterocycles. The molecule has 3 atom stereocenters. The molecule has 0 spiro atoms. The molecule has 1 aromatic rings. The van der Waals surface area contributed by atoms with Crippen molar-refractivity contribution in [2.24, 2.45) is 11.8 Å². The molecule has 1 saturated heterocycles. The molecular formula is C30H54N3P. The molecule has 2 aliphatic carbocycles. The van der Waals surface area contributed by atoms with Crippen LogP contribution in [0.3, 0.4) is 0 Å². The summed E-state index contributed by atoms with van der Waals surface area (Å²) in [5.41, 5.74) is 6.57. The second-order valence-corrected chi connectivity index (χ2v) is 15.3. The molecule has 3 unspecified atom stereocenters. The number of nitrogens with zero attached hydrogens (tertiary/aromatic N) is 2. The maximum atomic E-state index is 8.61. The van der Waals surface area contributed by atoms with Crippen molar-refractivity contribution in [3.63, 3.8) is 0 Å². The van der Waals surface area contributed by atoms with Gasteiger partial charge in [-0.25, -0.2) is 0 Å². The Morgan fingerprint density at radius 2 is 1.35 bits per heavy atom. The second-order valence-electron chi connectivity index (χ2n) is 13.1. The van der Waals surface area contributed by atoms with Gasteiger partial charge in [-0.2, -0.15) is 0 Å². The van der Waals surface area contributed by atoms with Crippen LogP contribution in [0.25, 0.3) is 0 Å². The van der Waals surface area contributed by atoms with Crippen molar-refractivity contribution in [2.45, 2.75) is 131 Å². The van der Waals surface area contributed by atoms with Crippen LogP contribution in [0, 0.1) is 24.2 Å². The summed E-state index contributed by atoms with van der Waals surface area (Å²) < 4.78 is 5.38. The van der Waals surface area contributed by atoms with Crippen LogP contribution in [0.4, 0.5) is 0 Å². The summed E-state index contributed by atoms with van der Waals surface area (Å²) in [6.45, 7) is 26.3. The van der Waals surface area contributed by atoms with E-state index in [2.05, 4.69) is 104 Å². The first-order valence-corrected chi connectivity index (χ1v) is 14.5. The molecule has 1 aromatic carbocycles. The highest BCUT2D eigenvalue weighted by Gasteiger charge is 2.57. The highest BCUT2D eigenvalue weighted by atomic mass is 31.1. The van der Waals surface area contributed by atoms with Gasteiger partial charge in [-0.3, -0.25) is 9.34 Å². The monoisotopic (exact) mass is 487 g/mol. The van der Waals surface area contributed by atoms with Crippen molar-refractivity contribution in [1.82, 2.24) is 9.34 Å². The van der Waals surface area contributed by atoms with Gasteiger partial charge in [0.25, 0.3) is 0 Å². The van der Waals surface area contributed by atoms with E-state index in [9.17, 15) is 0 Å². The number of hydrogen-bond acceptors (Lipinski definition) is 3. The van der Waals surface area contributed by atoms with Gasteiger partial charge in [0.05, 0.1) is 14.9 Å². The van der Waals surface area contributed by atoms with E-state index < -0.39 is 0 Å². The molecule has 194 valence electrons. The standard InChI is InChI=1S/C16H30N3P.C13H20.CH4/c1-15(2,3)18-10-19(16(4,5)6)20(18)14-12-8-7-11(9-12)13(14)17;1-9(2)12-7-6-8-13(10(3)4)11(12)5;/h11-12,14,17H,7-10H2,1-6H3;6-10H,1-5H3;1H4. The third-order valence-corrected chi connectivity index (χ3v) is 11.5. The summed E-state index contributed by atoms with van der Waals surface area (Å²) in [5.74, 6) is 2.70. The number of benzene rings is 1. The van der Waals surface area contributed by atoms with Crippen LogP contribution in [0.15, 0.2) is 18.2 Å². The first-order chi connectivity index (χ1) is 15.1. The van der Waals surface area contributed by atoms with Gasteiger partial charge in [0, 0.05) is 22.4 Å². The maximum Gasteiger partial charge on any atom is 0.0613 e. The summed E-state index contributed by atoms with van der Waals surface area (Å²) in [5, 5.41) is 8.61. The SMILES string of the molecule is C.CC(C)(C)N1CN(C(C)(C)C)P1C1C(=N)C2CCC1C2.Cc1c(C(C)C)cccc1C(C)C. The van der Waals surface area contributed by atoms with Gasteiger partial charge in [0.1, 0.15) is 0 Å². The molecule has 1 aliphatic heterocycles. The molecule has 0 radical (unpaired) electrons. The van der Waals surface area contributed by atoms with Crippen LogP contribution in [0.2, 0.25) is 0 Å². The molecule has 3 nitrogen and oxygen atoms in total. The van der Waals surface area contributed by atoms with Gasteiger partial charge in [0.15, 0.2) is 0 Å². The highest BCUT2D eigenvalue weighted by Crippen LogP contribution is 2.68. The molecule has 2 bridgehead atoms. The lowest BCUT2D eigenvalue weighted by atomic mass is 9.90. The molecule has 1 N–H and O–H groups in total. The largest absolute Gasteiger partial charge is 0.309 e. The minimum absolute atomic E-state index is 0. The van der Waals surface area contributed by atoms with Crippen molar-refractivity contribution in [3.05, 3.63) is 34.9 Å². The lowest BCUT2D eigenvalue weighted by Crippen LogP contribution is -2.62. The zero-order valence-corrected chi connectivity index (χ0v) is 24.2. The van der Waals surface area contributed by atoms with Gasteiger partial charge < -0.3 is 5.41 Å². The molecule has 0 amide bonds. The van der Waals surface area contributed by atoms with E-state index in [1.807, 2.05) is 0 Å². The molecule has 3 aliphatic rings. The van der Waals surface area contributed by atoms with Gasteiger partial charge in [-0.1, -0.05) is 53.3 Å². The van der Waals surface area contributed by atoms with Gasteiger partial charge in [0.2, 0.25) is 0 Å². The van der Waals surface area contributed by atoms with Gasteiger partial charge in [-0.05, 0) is 108 Å². The van der Waals surface area contributed by atoms with Crippen molar-refractivity contribution in [3.8, 4) is 0 Å². The first kappa shape index (κ1) is 29.5. The molecular weight excluding hydrogens is 433 g/mol. The smallest absolute Gasteiger partial charge is 0.0613 e. The number of rotatable bonds is 3. The van der Waals surface area contributed by atoms with E-state index in [-0.39, 0.29) is 26.7 Å². The van der Waals surface area contributed by atoms with E-state index in [0.29, 0.717) is 23.4 Å². The van der Waals surface area contributed by atoms with Crippen molar-refractivity contribution < 1.29 is 0 Å². The second kappa shape index (κ2) is 10.7. The Balaban J connectivity index is 0.000000256. The highest BCUT2D eigenvalue weighted by molar-refractivity contribution is 7.56. The van der Waals surface area contributed by atoms with Crippen LogP contribution >= 0.6 is 8.22 Å². The Bertz CT molecular complexity index is 799. The Labute approximate surface area is 213 Å². The van der Waals surface area contributed by atoms with Gasteiger partial charge in [-0.15, -0.1) is 0 Å². The maximum absolute atomic E-state index is 8.61. The molecule has 2 saturated carbocycles. The fourth-order valence-corrected chi connectivity index (χ4v) is 9.48. The summed E-state index contributed by atoms with van der Waals surface area (Å²) >= 11 is 0. The van der Waals surface area contributed by atoms with Crippen LogP contribution in [-0.4, -0.2) is 38.5 Å². The van der Waals surface area contributed by atoms with Crippen LogP contribution in [0.1, 0.15) is 124 Å². The Kier molecular flexibility index (Phi) is 9.27. The fraction of sp³-hybridized carbons (Fsp3) is 0.767. The van der Waals surface area contributed by atoms with Crippen LogP contribution < -0.4 is 0 Å². The average Bonchev–Trinajstić information content (AvgIpc) is 3.21. The Morgan fingerprint density at radius 1 is 0.882 bits per heavy atom. The summed E-state index contributed by atoms with van der Waals surface area (Å²) in [6, 6.07) is 6.66. The summed E-state index contributed by atoms with van der Waals surface area (Å²) in [4.78, 5) is 0. The minimum atomic E-state index is -0.314. The van der Waals surface area contributed by atoms with Crippen molar-refractivity contribution in [2.75, 3.05) is 6.67 Å². The predicted octanol–water partition coefficient (Wildman–Crippen LogP) is 9.17. The third kappa shape index (κ3) is 5.79. The Morgan fingerprint density at radius 3 is 1.71 bits per heavy atom. The first-order valence-electron chi connectivity index (χ1n) is 13.2. The molecule has 4 heteroatoms. The van der Waals surface area contributed by atoms with E-state index in [4.69, 9.17) is 5.41 Å². The summed E-state index contributed by atoms with van der Waals surface area (Å²) in [6.07, 6.45) is 3.96. The molecule has 3 fully saturated rings. The molecule has 34 heavy (non-hydrogen) atoms. The van der Waals surface area contributed by atoms with Crippen molar-refractivity contribution in [1.29, 1.82) is 5.41 Å². The Hall–Kier alpha value is -0.760. The fourth-order valence-electron chi connectivity index (χ4n) is 5.98. The van der Waals surface area contributed by atoms with Crippen LogP contribution in [-0.2, 0) is 0 Å². The average molecular weight is 488 g/mol. The van der Waals surface area contributed by atoms with Crippen LogP contribution in [0.5, 0.6) is 0 Å². The normalized spacial score (nSPS) is 25.9. The minimum Gasteiger partial charge on any atom is -0.309 e. The zero-order valence-electron chi connectivity index (χ0n) is 23.3. The molecule has 4 rings (SSSR count). The van der Waals surface area contributed by atoms with Crippen molar-refractivity contribution >= 4 is 13.9 Å². The van der Waals surface area contributed by atoms with Gasteiger partial charge >= 0.3 is 0 Å². The van der Waals surface area contributed by atoms with E-state index in [0.717, 1.165) is 18.3 Å². The van der Waals surface area contributed by atoms with E-state index in [1.165, 1.54) is 36.0 Å². The number of fused-ring (bicyclic) bond motifs is 2. The predicted molar refractivity (Wildman–Crippen MR) is 153 cm³/mol.